The normalized spacial score (nSPS) is 30.3. The van der Waals surface area contributed by atoms with Crippen LogP contribution in [0.1, 0.15) is 10.4 Å². The van der Waals surface area contributed by atoms with E-state index in [1.807, 2.05) is 0 Å². The number of hydrogen-bond donors (Lipinski definition) is 4. The Morgan fingerprint density at radius 1 is 1.42 bits per heavy atom. The van der Waals surface area contributed by atoms with Gasteiger partial charge in [-0.1, -0.05) is 12.1 Å². The molecule has 1 aliphatic heterocycles. The molecule has 1 unspecified atom stereocenters. The molecular formula is C13H15NO5. The molecule has 6 nitrogen and oxygen atoms in total. The fourth-order valence-electron chi connectivity index (χ4n) is 2.01. The van der Waals surface area contributed by atoms with E-state index in [1.54, 1.807) is 12.1 Å². The van der Waals surface area contributed by atoms with Crippen LogP contribution in [0, 0.1) is 6.92 Å². The van der Waals surface area contributed by atoms with E-state index in [1.165, 1.54) is 12.1 Å². The van der Waals surface area contributed by atoms with Gasteiger partial charge in [0.25, 0.3) is 5.91 Å². The number of aliphatic hydroxyl groups is 2. The molecule has 1 aromatic rings. The van der Waals surface area contributed by atoms with E-state index in [9.17, 15) is 15.0 Å². The fourth-order valence-corrected chi connectivity index (χ4v) is 2.01. The number of benzene rings is 1. The first-order valence-electron chi connectivity index (χ1n) is 5.83. The number of rotatable bonds is 3. The number of phenols is 1. The Labute approximate surface area is 110 Å². The van der Waals surface area contributed by atoms with Crippen molar-refractivity contribution in [1.29, 1.82) is 0 Å². The summed E-state index contributed by atoms with van der Waals surface area (Å²) in [6.45, 7) is 5.24. The summed E-state index contributed by atoms with van der Waals surface area (Å²) in [5, 5.41) is 30.9. The lowest BCUT2D eigenvalue weighted by Gasteiger charge is -2.19. The van der Waals surface area contributed by atoms with E-state index in [2.05, 4.69) is 5.32 Å². The van der Waals surface area contributed by atoms with Crippen LogP contribution < -0.4 is 5.32 Å². The van der Waals surface area contributed by atoms with Crippen molar-refractivity contribution in [3.63, 3.8) is 0 Å². The van der Waals surface area contributed by atoms with Crippen molar-refractivity contribution in [1.82, 2.24) is 5.32 Å². The van der Waals surface area contributed by atoms with Crippen molar-refractivity contribution in [2.24, 2.45) is 0 Å². The number of nitrogens with one attached hydrogen (secondary N) is 1. The molecule has 2 radical (unpaired) electrons. The topological polar surface area (TPSA) is 99.0 Å². The molecule has 1 aromatic carbocycles. The molecular weight excluding hydrogens is 250 g/mol. The van der Waals surface area contributed by atoms with Crippen LogP contribution >= 0.6 is 0 Å². The van der Waals surface area contributed by atoms with E-state index in [-0.39, 0.29) is 11.3 Å². The fraction of sp³-hybridized carbons (Fsp3) is 0.385. The molecule has 19 heavy (non-hydrogen) atoms. The maximum absolute atomic E-state index is 12.0. The zero-order valence-electron chi connectivity index (χ0n) is 10.1. The van der Waals surface area contributed by atoms with Gasteiger partial charge in [-0.05, 0) is 19.1 Å². The van der Waals surface area contributed by atoms with Gasteiger partial charge in [0.05, 0.1) is 24.3 Å². The van der Waals surface area contributed by atoms with Gasteiger partial charge in [-0.25, -0.2) is 0 Å². The summed E-state index contributed by atoms with van der Waals surface area (Å²) in [4.78, 5) is 12.0. The molecule has 1 fully saturated rings. The highest BCUT2D eigenvalue weighted by molar-refractivity contribution is 5.97. The van der Waals surface area contributed by atoms with Crippen LogP contribution in [0.5, 0.6) is 5.75 Å². The van der Waals surface area contributed by atoms with Gasteiger partial charge in [0, 0.05) is 0 Å². The number of hydrogen-bond acceptors (Lipinski definition) is 5. The van der Waals surface area contributed by atoms with Crippen LogP contribution in [0.3, 0.4) is 0 Å². The number of carbonyl (C=O) groups excluding carboxylic acids is 1. The summed E-state index contributed by atoms with van der Waals surface area (Å²) < 4.78 is 5.10. The summed E-state index contributed by atoms with van der Waals surface area (Å²) in [6.07, 6.45) is -2.85. The Morgan fingerprint density at radius 3 is 2.68 bits per heavy atom. The average molecular weight is 265 g/mol. The molecule has 4 N–H and O–H groups in total. The molecule has 102 valence electrons. The first kappa shape index (κ1) is 13.8. The third kappa shape index (κ3) is 2.70. The predicted molar refractivity (Wildman–Crippen MR) is 65.4 cm³/mol. The van der Waals surface area contributed by atoms with Gasteiger partial charge in [-0.15, -0.1) is 0 Å². The van der Waals surface area contributed by atoms with Crippen molar-refractivity contribution in [3.05, 3.63) is 36.8 Å². The highest BCUT2D eigenvalue weighted by Gasteiger charge is 2.42. The van der Waals surface area contributed by atoms with E-state index >= 15 is 0 Å². The summed E-state index contributed by atoms with van der Waals surface area (Å²) in [5.74, 6) is -0.736. The van der Waals surface area contributed by atoms with E-state index in [0.717, 1.165) is 0 Å². The van der Waals surface area contributed by atoms with Crippen molar-refractivity contribution < 1.29 is 24.9 Å². The largest absolute Gasteiger partial charge is 0.507 e. The molecule has 1 saturated heterocycles. The van der Waals surface area contributed by atoms with Crippen molar-refractivity contribution in [2.45, 2.75) is 24.4 Å². The SMILES string of the molecule is [CH][C@@H]1O[C@H](CO)[C@H](O)C1NC(=O)c1ccccc1O. The lowest BCUT2D eigenvalue weighted by atomic mass is 10.0. The summed E-state index contributed by atoms with van der Waals surface area (Å²) >= 11 is 0. The Hall–Kier alpha value is -1.63. The second-order valence-corrected chi connectivity index (χ2v) is 4.33. The van der Waals surface area contributed by atoms with Gasteiger partial charge < -0.3 is 25.4 Å². The Balaban J connectivity index is 2.09. The maximum Gasteiger partial charge on any atom is 0.255 e. The Bertz CT molecular complexity index is 464. The van der Waals surface area contributed by atoms with Crippen LogP contribution in [0.25, 0.3) is 0 Å². The molecule has 6 heteroatoms. The number of aliphatic hydroxyl groups excluding tert-OH is 2. The molecule has 0 spiro atoms. The van der Waals surface area contributed by atoms with Gasteiger partial charge in [-0.2, -0.15) is 0 Å². The first-order valence-corrected chi connectivity index (χ1v) is 5.83. The van der Waals surface area contributed by atoms with Crippen LogP contribution in [-0.2, 0) is 4.74 Å². The lowest BCUT2D eigenvalue weighted by Crippen LogP contribution is -2.47. The molecule has 0 aliphatic carbocycles. The molecule has 2 rings (SSSR count). The number of amides is 1. The first-order chi connectivity index (χ1) is 9.04. The Kier molecular flexibility index (Phi) is 4.04. The van der Waals surface area contributed by atoms with E-state index in [0.29, 0.717) is 0 Å². The van der Waals surface area contributed by atoms with Gasteiger partial charge in [-0.3, -0.25) is 4.79 Å². The van der Waals surface area contributed by atoms with Crippen molar-refractivity contribution >= 4 is 5.91 Å². The standard InChI is InChI=1S/C13H15NO5/c1-7-11(12(17)10(6-15)19-7)14-13(18)8-4-2-3-5-9(8)16/h1-5,7,10-12,15-17H,6H2,(H,14,18)/t7-,10+,11?,12-/m0/s1. The molecule has 1 aliphatic rings. The number of phenolic OH excluding ortho intramolecular Hbond substituents is 1. The number of aromatic hydroxyl groups is 1. The minimum atomic E-state index is -1.10. The monoisotopic (exact) mass is 265 g/mol. The maximum atomic E-state index is 12.0. The minimum absolute atomic E-state index is 0.0781. The van der Waals surface area contributed by atoms with Crippen LogP contribution in [-0.4, -0.2) is 52.2 Å². The summed E-state index contributed by atoms with van der Waals surface area (Å²) in [7, 11) is 0. The van der Waals surface area contributed by atoms with Crippen LogP contribution in [0.15, 0.2) is 24.3 Å². The van der Waals surface area contributed by atoms with Crippen LogP contribution in [0.4, 0.5) is 0 Å². The minimum Gasteiger partial charge on any atom is -0.507 e. The number of para-hydroxylation sites is 1. The Morgan fingerprint density at radius 2 is 2.11 bits per heavy atom. The molecule has 1 heterocycles. The predicted octanol–water partition coefficient (Wildman–Crippen LogP) is -0.678. The zero-order chi connectivity index (χ0) is 14.0. The van der Waals surface area contributed by atoms with E-state index in [4.69, 9.17) is 16.8 Å². The molecule has 4 atom stereocenters. The third-order valence-corrected chi connectivity index (χ3v) is 3.06. The summed E-state index contributed by atoms with van der Waals surface area (Å²) in [6, 6.07) is 5.18. The second-order valence-electron chi connectivity index (χ2n) is 4.33. The smallest absolute Gasteiger partial charge is 0.255 e. The molecule has 0 bridgehead atoms. The lowest BCUT2D eigenvalue weighted by molar-refractivity contribution is -0.0114. The van der Waals surface area contributed by atoms with Gasteiger partial charge in [0.1, 0.15) is 18.0 Å². The quantitative estimate of drug-likeness (QED) is 0.580. The zero-order valence-corrected chi connectivity index (χ0v) is 10.1. The average Bonchev–Trinajstić information content (AvgIpc) is 2.66. The number of ether oxygens (including phenoxy) is 1. The highest BCUT2D eigenvalue weighted by atomic mass is 16.5. The highest BCUT2D eigenvalue weighted by Crippen LogP contribution is 2.22. The second kappa shape index (κ2) is 5.56. The molecule has 0 saturated carbocycles. The van der Waals surface area contributed by atoms with Gasteiger partial charge in [0.15, 0.2) is 0 Å². The van der Waals surface area contributed by atoms with Gasteiger partial charge >= 0.3 is 0 Å². The van der Waals surface area contributed by atoms with Gasteiger partial charge in [0.2, 0.25) is 0 Å². The molecule has 1 amide bonds. The number of carbonyl (C=O) groups is 1. The van der Waals surface area contributed by atoms with Crippen molar-refractivity contribution in [2.75, 3.05) is 6.61 Å². The van der Waals surface area contributed by atoms with Crippen molar-refractivity contribution in [3.8, 4) is 5.75 Å². The third-order valence-electron chi connectivity index (χ3n) is 3.06. The molecule has 0 aromatic heterocycles. The van der Waals surface area contributed by atoms with Crippen LogP contribution in [0.2, 0.25) is 0 Å². The summed E-state index contributed by atoms with van der Waals surface area (Å²) in [5.41, 5.74) is 0.0781. The van der Waals surface area contributed by atoms with E-state index < -0.39 is 36.9 Å².